The normalized spacial score (nSPS) is 14.3. The van der Waals surface area contributed by atoms with Gasteiger partial charge >= 0.3 is 5.97 Å². The van der Waals surface area contributed by atoms with Gasteiger partial charge in [-0.15, -0.1) is 0 Å². The maximum atomic E-state index is 13.5. The van der Waals surface area contributed by atoms with Crippen LogP contribution in [0.3, 0.4) is 0 Å². The van der Waals surface area contributed by atoms with Gasteiger partial charge in [0.1, 0.15) is 6.54 Å². The monoisotopic (exact) mass is 273 g/mol. The molecule has 7 heteroatoms. The van der Waals surface area contributed by atoms with Crippen LogP contribution in [0.5, 0.6) is 0 Å². The van der Waals surface area contributed by atoms with Gasteiger partial charge in [0.2, 0.25) is 0 Å². The van der Waals surface area contributed by atoms with Gasteiger partial charge in [0.05, 0.1) is 5.56 Å². The Balaban J connectivity index is 2.31. The third-order valence-corrected chi connectivity index (χ3v) is 2.82. The molecular formula is C12H10F3NO3. The maximum absolute atomic E-state index is 13.5. The SMILES string of the molecule is O=C(O)CN(C(=O)c1ccc(F)c(F)c1F)C1CC1. The van der Waals surface area contributed by atoms with Crippen molar-refractivity contribution in [2.24, 2.45) is 0 Å². The molecule has 0 unspecified atom stereocenters. The molecule has 0 aromatic heterocycles. The van der Waals surface area contributed by atoms with Crippen LogP contribution in [0.1, 0.15) is 23.2 Å². The second-order valence-electron chi connectivity index (χ2n) is 4.28. The Hall–Kier alpha value is -2.05. The molecule has 0 spiro atoms. The van der Waals surface area contributed by atoms with E-state index in [-0.39, 0.29) is 6.04 Å². The number of rotatable bonds is 4. The summed E-state index contributed by atoms with van der Waals surface area (Å²) < 4.78 is 39.3. The van der Waals surface area contributed by atoms with Crippen LogP contribution < -0.4 is 0 Å². The smallest absolute Gasteiger partial charge is 0.323 e. The van der Waals surface area contributed by atoms with Crippen molar-refractivity contribution in [1.82, 2.24) is 4.90 Å². The Bertz CT molecular complexity index is 543. The first kappa shape index (κ1) is 13.4. The molecule has 0 radical (unpaired) electrons. The summed E-state index contributed by atoms with van der Waals surface area (Å²) in [5, 5.41) is 8.70. The number of nitrogens with zero attached hydrogens (tertiary/aromatic N) is 1. The van der Waals surface area contributed by atoms with E-state index in [1.54, 1.807) is 0 Å². The number of hydrogen-bond donors (Lipinski definition) is 1. The van der Waals surface area contributed by atoms with Gasteiger partial charge in [-0.25, -0.2) is 13.2 Å². The Labute approximate surface area is 106 Å². The highest BCUT2D eigenvalue weighted by molar-refractivity contribution is 5.96. The number of carboxylic acids is 1. The second-order valence-corrected chi connectivity index (χ2v) is 4.28. The Morgan fingerprint density at radius 3 is 2.37 bits per heavy atom. The lowest BCUT2D eigenvalue weighted by molar-refractivity contribution is -0.137. The van der Waals surface area contributed by atoms with Crippen LogP contribution in [0.15, 0.2) is 12.1 Å². The molecular weight excluding hydrogens is 263 g/mol. The van der Waals surface area contributed by atoms with Crippen molar-refractivity contribution in [3.63, 3.8) is 0 Å². The van der Waals surface area contributed by atoms with Crippen molar-refractivity contribution < 1.29 is 27.9 Å². The van der Waals surface area contributed by atoms with Gasteiger partial charge in [0.15, 0.2) is 17.5 Å². The van der Waals surface area contributed by atoms with Crippen LogP contribution in [0.4, 0.5) is 13.2 Å². The molecule has 1 aliphatic carbocycles. The summed E-state index contributed by atoms with van der Waals surface area (Å²) in [5.41, 5.74) is -0.660. The van der Waals surface area contributed by atoms with Crippen molar-refractivity contribution in [1.29, 1.82) is 0 Å². The highest BCUT2D eigenvalue weighted by Gasteiger charge is 2.35. The number of benzene rings is 1. The van der Waals surface area contributed by atoms with Gasteiger partial charge in [-0.3, -0.25) is 9.59 Å². The Morgan fingerprint density at radius 1 is 1.21 bits per heavy atom. The molecule has 1 aromatic carbocycles. The fourth-order valence-corrected chi connectivity index (χ4v) is 1.74. The zero-order valence-corrected chi connectivity index (χ0v) is 9.70. The van der Waals surface area contributed by atoms with Crippen molar-refractivity contribution in [3.8, 4) is 0 Å². The third kappa shape index (κ3) is 2.69. The van der Waals surface area contributed by atoms with Crippen LogP contribution in [-0.2, 0) is 4.79 Å². The number of hydrogen-bond acceptors (Lipinski definition) is 2. The van der Waals surface area contributed by atoms with E-state index < -0.39 is 41.4 Å². The van der Waals surface area contributed by atoms with Crippen LogP contribution >= 0.6 is 0 Å². The predicted octanol–water partition coefficient (Wildman–Crippen LogP) is 1.79. The fourth-order valence-electron chi connectivity index (χ4n) is 1.74. The molecule has 102 valence electrons. The molecule has 1 aromatic rings. The number of aliphatic carboxylic acids is 1. The minimum atomic E-state index is -1.74. The van der Waals surface area contributed by atoms with E-state index in [4.69, 9.17) is 5.11 Å². The largest absolute Gasteiger partial charge is 0.480 e. The Morgan fingerprint density at radius 2 is 1.84 bits per heavy atom. The second kappa shape index (κ2) is 4.91. The van der Waals surface area contributed by atoms with Crippen LogP contribution in [-0.4, -0.2) is 34.5 Å². The van der Waals surface area contributed by atoms with E-state index in [1.165, 1.54) is 0 Å². The lowest BCUT2D eigenvalue weighted by Crippen LogP contribution is -2.38. The molecule has 0 heterocycles. The summed E-state index contributed by atoms with van der Waals surface area (Å²) in [6.07, 6.45) is 1.23. The van der Waals surface area contributed by atoms with E-state index in [1.807, 2.05) is 0 Å². The van der Waals surface area contributed by atoms with Gasteiger partial charge < -0.3 is 10.0 Å². The van der Waals surface area contributed by atoms with Crippen LogP contribution in [0, 0.1) is 17.5 Å². The number of carbonyl (C=O) groups excluding carboxylic acids is 1. The number of halogens is 3. The van der Waals surface area contributed by atoms with Crippen molar-refractivity contribution in [2.45, 2.75) is 18.9 Å². The van der Waals surface area contributed by atoms with Crippen molar-refractivity contribution >= 4 is 11.9 Å². The predicted molar refractivity (Wildman–Crippen MR) is 58.0 cm³/mol. The summed E-state index contributed by atoms with van der Waals surface area (Å²) in [5.74, 6) is -6.92. The zero-order chi connectivity index (χ0) is 14.2. The molecule has 4 nitrogen and oxygen atoms in total. The summed E-state index contributed by atoms with van der Waals surface area (Å²) in [4.78, 5) is 23.6. The molecule has 1 N–H and O–H groups in total. The molecule has 19 heavy (non-hydrogen) atoms. The first-order valence-electron chi connectivity index (χ1n) is 5.58. The highest BCUT2D eigenvalue weighted by atomic mass is 19.2. The fraction of sp³-hybridized carbons (Fsp3) is 0.333. The molecule has 2 rings (SSSR count). The van der Waals surface area contributed by atoms with Gasteiger partial charge in [-0.2, -0.15) is 0 Å². The average Bonchev–Trinajstić information content (AvgIpc) is 3.16. The number of carboxylic acid groups (broad SMARTS) is 1. The maximum Gasteiger partial charge on any atom is 0.323 e. The van der Waals surface area contributed by atoms with E-state index in [0.717, 1.165) is 11.0 Å². The van der Waals surface area contributed by atoms with Gasteiger partial charge in [-0.05, 0) is 25.0 Å². The van der Waals surface area contributed by atoms with Gasteiger partial charge in [0.25, 0.3) is 5.91 Å². The van der Waals surface area contributed by atoms with Crippen LogP contribution in [0.2, 0.25) is 0 Å². The highest BCUT2D eigenvalue weighted by Crippen LogP contribution is 2.29. The molecule has 1 saturated carbocycles. The van der Waals surface area contributed by atoms with E-state index in [0.29, 0.717) is 18.9 Å². The standard InChI is InChI=1S/C12H10F3NO3/c13-8-4-3-7(10(14)11(8)15)12(19)16(5-9(17)18)6-1-2-6/h3-4,6H,1-2,5H2,(H,17,18). The molecule has 0 bridgehead atoms. The quantitative estimate of drug-likeness (QED) is 0.851. The molecule has 1 fully saturated rings. The van der Waals surface area contributed by atoms with Gasteiger partial charge in [-0.1, -0.05) is 0 Å². The molecule has 1 amide bonds. The average molecular weight is 273 g/mol. The molecule has 1 aliphatic rings. The first-order chi connectivity index (χ1) is 8.91. The number of amides is 1. The first-order valence-corrected chi connectivity index (χ1v) is 5.58. The molecule has 0 atom stereocenters. The van der Waals surface area contributed by atoms with Gasteiger partial charge in [0, 0.05) is 6.04 Å². The van der Waals surface area contributed by atoms with Crippen molar-refractivity contribution in [3.05, 3.63) is 35.1 Å². The lowest BCUT2D eigenvalue weighted by Gasteiger charge is -2.20. The third-order valence-electron chi connectivity index (χ3n) is 2.82. The van der Waals surface area contributed by atoms with Crippen LogP contribution in [0.25, 0.3) is 0 Å². The minimum absolute atomic E-state index is 0.281. The summed E-state index contributed by atoms with van der Waals surface area (Å²) in [6, 6.07) is 1.17. The zero-order valence-electron chi connectivity index (χ0n) is 9.70. The Kier molecular flexibility index (Phi) is 3.46. The summed E-state index contributed by atoms with van der Waals surface area (Å²) in [7, 11) is 0. The minimum Gasteiger partial charge on any atom is -0.480 e. The molecule has 0 saturated heterocycles. The number of carbonyl (C=O) groups is 2. The summed E-state index contributed by atoms with van der Waals surface area (Å²) >= 11 is 0. The molecule has 0 aliphatic heterocycles. The lowest BCUT2D eigenvalue weighted by atomic mass is 10.1. The van der Waals surface area contributed by atoms with E-state index in [9.17, 15) is 22.8 Å². The summed E-state index contributed by atoms with van der Waals surface area (Å²) in [6.45, 7) is -0.595. The topological polar surface area (TPSA) is 57.6 Å². The van der Waals surface area contributed by atoms with E-state index >= 15 is 0 Å². The van der Waals surface area contributed by atoms with Crippen molar-refractivity contribution in [2.75, 3.05) is 6.54 Å². The van der Waals surface area contributed by atoms with E-state index in [2.05, 4.69) is 0 Å².